The topological polar surface area (TPSA) is 56.0 Å². The van der Waals surface area contributed by atoms with Crippen molar-refractivity contribution in [3.63, 3.8) is 0 Å². The Morgan fingerprint density at radius 2 is 2.16 bits per heavy atom. The number of halogens is 3. The molecule has 6 nitrogen and oxygen atoms in total. The van der Waals surface area contributed by atoms with E-state index in [-0.39, 0.29) is 11.8 Å². The molecule has 0 fully saturated rings. The smallest absolute Gasteiger partial charge is 0.340 e. The van der Waals surface area contributed by atoms with Crippen LogP contribution in [0.2, 0.25) is 0 Å². The van der Waals surface area contributed by atoms with E-state index in [1.165, 1.54) is 0 Å². The summed E-state index contributed by atoms with van der Waals surface area (Å²) in [7, 11) is 3.46. The number of amides is 1. The molecule has 0 unspecified atom stereocenters. The van der Waals surface area contributed by atoms with Gasteiger partial charge < -0.3 is 9.47 Å². The quantitative estimate of drug-likeness (QED) is 0.849. The van der Waals surface area contributed by atoms with Gasteiger partial charge in [0.15, 0.2) is 11.4 Å². The Morgan fingerprint density at radius 3 is 2.76 bits per heavy atom. The van der Waals surface area contributed by atoms with Gasteiger partial charge in [-0.05, 0) is 25.3 Å². The Balaban J connectivity index is 1.66. The normalized spacial score (nSPS) is 17.4. The van der Waals surface area contributed by atoms with Crippen molar-refractivity contribution < 1.29 is 18.0 Å². The molecule has 0 radical (unpaired) electrons. The molecule has 1 aliphatic heterocycles. The number of alkyl halides is 3. The van der Waals surface area contributed by atoms with E-state index < -0.39 is 11.9 Å². The third kappa shape index (κ3) is 3.54. The first-order chi connectivity index (χ1) is 11.6. The summed E-state index contributed by atoms with van der Waals surface area (Å²) in [6.45, 7) is 2.76. The van der Waals surface area contributed by atoms with Gasteiger partial charge in [0.2, 0.25) is 0 Å². The second-order valence-electron chi connectivity index (χ2n) is 6.58. The lowest BCUT2D eigenvalue weighted by atomic mass is 9.99. The van der Waals surface area contributed by atoms with E-state index in [1.54, 1.807) is 34.3 Å². The number of aryl methyl sites for hydroxylation is 3. The summed E-state index contributed by atoms with van der Waals surface area (Å²) in [4.78, 5) is 17.7. The number of hydrogen-bond acceptors (Lipinski definition) is 3. The van der Waals surface area contributed by atoms with E-state index in [1.807, 2.05) is 6.92 Å². The zero-order valence-electron chi connectivity index (χ0n) is 14.3. The molecule has 25 heavy (non-hydrogen) atoms. The first-order valence-corrected chi connectivity index (χ1v) is 8.04. The molecule has 3 heterocycles. The molecule has 0 aliphatic carbocycles. The van der Waals surface area contributed by atoms with Crippen molar-refractivity contribution in [2.24, 2.45) is 13.0 Å². The predicted molar refractivity (Wildman–Crippen MR) is 83.9 cm³/mol. The van der Waals surface area contributed by atoms with Crippen LogP contribution in [0.5, 0.6) is 0 Å². The molecule has 9 heteroatoms. The van der Waals surface area contributed by atoms with Crippen LogP contribution < -0.4 is 0 Å². The highest BCUT2D eigenvalue weighted by atomic mass is 19.4. The SMILES string of the molecule is Cc1cc(C(=O)N(C)C[C@@H]2CCc3nc(C(F)(F)F)cn3C2)nn1C. The van der Waals surface area contributed by atoms with Gasteiger partial charge in [-0.2, -0.15) is 18.3 Å². The first-order valence-electron chi connectivity index (χ1n) is 8.04. The fourth-order valence-corrected chi connectivity index (χ4v) is 3.13. The largest absolute Gasteiger partial charge is 0.434 e. The van der Waals surface area contributed by atoms with E-state index in [4.69, 9.17) is 0 Å². The second kappa shape index (κ2) is 6.20. The third-order valence-corrected chi connectivity index (χ3v) is 4.59. The van der Waals surface area contributed by atoms with Crippen LogP contribution in [0.15, 0.2) is 12.3 Å². The molecule has 1 amide bonds. The lowest BCUT2D eigenvalue weighted by Gasteiger charge is -2.27. The molecular formula is C16H20F3N5O. The van der Waals surface area contributed by atoms with Gasteiger partial charge in [-0.25, -0.2) is 4.98 Å². The van der Waals surface area contributed by atoms with Crippen LogP contribution in [0.4, 0.5) is 13.2 Å². The van der Waals surface area contributed by atoms with Gasteiger partial charge >= 0.3 is 6.18 Å². The molecular weight excluding hydrogens is 335 g/mol. The zero-order chi connectivity index (χ0) is 18.4. The number of aromatic nitrogens is 4. The molecule has 2 aromatic rings. The highest BCUT2D eigenvalue weighted by Crippen LogP contribution is 2.30. The summed E-state index contributed by atoms with van der Waals surface area (Å²) < 4.78 is 41.5. The van der Waals surface area contributed by atoms with Crippen LogP contribution in [0.25, 0.3) is 0 Å². The molecule has 0 saturated heterocycles. The maximum Gasteiger partial charge on any atom is 0.434 e. The molecule has 0 aromatic carbocycles. The Labute approximate surface area is 143 Å². The Bertz CT molecular complexity index is 773. The fraction of sp³-hybridized carbons (Fsp3) is 0.562. The Morgan fingerprint density at radius 1 is 1.44 bits per heavy atom. The second-order valence-corrected chi connectivity index (χ2v) is 6.58. The van der Waals surface area contributed by atoms with Crippen molar-refractivity contribution in [1.29, 1.82) is 0 Å². The predicted octanol–water partition coefficient (Wildman–Crippen LogP) is 2.28. The number of hydrogen-bond donors (Lipinski definition) is 0. The van der Waals surface area contributed by atoms with E-state index in [9.17, 15) is 18.0 Å². The summed E-state index contributed by atoms with van der Waals surface area (Å²) in [6.07, 6.45) is -2.19. The average Bonchev–Trinajstić information content (AvgIpc) is 3.09. The number of imidazole rings is 1. The van der Waals surface area contributed by atoms with E-state index in [2.05, 4.69) is 10.1 Å². The molecule has 0 saturated carbocycles. The van der Waals surface area contributed by atoms with Crippen molar-refractivity contribution in [2.45, 2.75) is 32.5 Å². The van der Waals surface area contributed by atoms with Gasteiger partial charge in [-0.15, -0.1) is 0 Å². The van der Waals surface area contributed by atoms with Crippen LogP contribution in [-0.2, 0) is 26.2 Å². The van der Waals surface area contributed by atoms with Gasteiger partial charge in [0, 0.05) is 45.5 Å². The summed E-state index contributed by atoms with van der Waals surface area (Å²) >= 11 is 0. The first kappa shape index (κ1) is 17.5. The lowest BCUT2D eigenvalue weighted by molar-refractivity contribution is -0.141. The van der Waals surface area contributed by atoms with Crippen LogP contribution in [0.3, 0.4) is 0 Å². The summed E-state index contributed by atoms with van der Waals surface area (Å²) in [5.74, 6) is 0.357. The molecule has 1 aliphatic rings. The Hall–Kier alpha value is -2.32. The third-order valence-electron chi connectivity index (χ3n) is 4.59. The van der Waals surface area contributed by atoms with Crippen molar-refractivity contribution >= 4 is 5.91 Å². The molecule has 0 bridgehead atoms. The van der Waals surface area contributed by atoms with E-state index in [0.29, 0.717) is 37.4 Å². The monoisotopic (exact) mass is 355 g/mol. The molecule has 0 spiro atoms. The van der Waals surface area contributed by atoms with Crippen LogP contribution >= 0.6 is 0 Å². The van der Waals surface area contributed by atoms with Crippen molar-refractivity contribution in [3.05, 3.63) is 35.2 Å². The van der Waals surface area contributed by atoms with E-state index in [0.717, 1.165) is 11.9 Å². The molecule has 0 N–H and O–H groups in total. The van der Waals surface area contributed by atoms with Crippen LogP contribution in [0.1, 0.15) is 34.1 Å². The zero-order valence-corrected chi connectivity index (χ0v) is 14.3. The lowest BCUT2D eigenvalue weighted by Crippen LogP contribution is -2.35. The Kier molecular flexibility index (Phi) is 4.34. The standard InChI is InChI=1S/C16H20F3N5O/c1-10-6-12(21-23(10)3)15(25)22(2)7-11-4-5-14-20-13(16(17,18)19)9-24(14)8-11/h6,9,11H,4-5,7-8H2,1-3H3/t11-/m0/s1. The van der Waals surface area contributed by atoms with Crippen LogP contribution in [0, 0.1) is 12.8 Å². The number of rotatable bonds is 3. The molecule has 3 rings (SSSR count). The van der Waals surface area contributed by atoms with Crippen molar-refractivity contribution in [1.82, 2.24) is 24.2 Å². The van der Waals surface area contributed by atoms with Crippen molar-refractivity contribution in [2.75, 3.05) is 13.6 Å². The highest BCUT2D eigenvalue weighted by Gasteiger charge is 2.36. The van der Waals surface area contributed by atoms with Gasteiger partial charge in [0.1, 0.15) is 5.82 Å². The average molecular weight is 355 g/mol. The minimum atomic E-state index is -4.43. The minimum Gasteiger partial charge on any atom is -0.340 e. The summed E-state index contributed by atoms with van der Waals surface area (Å²) in [6, 6.07) is 1.73. The fourth-order valence-electron chi connectivity index (χ4n) is 3.13. The number of fused-ring (bicyclic) bond motifs is 1. The van der Waals surface area contributed by atoms with Gasteiger partial charge in [-0.1, -0.05) is 0 Å². The van der Waals surface area contributed by atoms with Gasteiger partial charge in [0.05, 0.1) is 0 Å². The molecule has 1 atom stereocenters. The number of nitrogens with zero attached hydrogens (tertiary/aromatic N) is 5. The minimum absolute atomic E-state index is 0.0848. The van der Waals surface area contributed by atoms with Crippen LogP contribution in [-0.4, -0.2) is 43.7 Å². The highest BCUT2D eigenvalue weighted by molar-refractivity contribution is 5.92. The maximum absolute atomic E-state index is 12.8. The summed E-state index contributed by atoms with van der Waals surface area (Å²) in [5, 5.41) is 4.18. The van der Waals surface area contributed by atoms with Gasteiger partial charge in [-0.3, -0.25) is 9.48 Å². The van der Waals surface area contributed by atoms with Gasteiger partial charge in [0.25, 0.3) is 5.91 Å². The molecule has 2 aromatic heterocycles. The number of carbonyl (C=O) groups is 1. The summed E-state index contributed by atoms with van der Waals surface area (Å²) in [5.41, 5.74) is 0.412. The maximum atomic E-state index is 12.8. The molecule has 136 valence electrons. The number of carbonyl (C=O) groups excluding carboxylic acids is 1. The van der Waals surface area contributed by atoms with Crippen molar-refractivity contribution in [3.8, 4) is 0 Å². The van der Waals surface area contributed by atoms with E-state index >= 15 is 0 Å².